The molecule has 0 aromatic rings. The fourth-order valence-corrected chi connectivity index (χ4v) is 1.71. The normalized spacial score (nSPS) is 37.3. The lowest BCUT2D eigenvalue weighted by molar-refractivity contribution is -0.298. The van der Waals surface area contributed by atoms with Crippen molar-refractivity contribution in [3.05, 3.63) is 12.2 Å². The molecule has 6 nitrogen and oxygen atoms in total. The summed E-state index contributed by atoms with van der Waals surface area (Å²) >= 11 is 0. The van der Waals surface area contributed by atoms with Gasteiger partial charge in [0.1, 0.15) is 24.4 Å². The van der Waals surface area contributed by atoms with Crippen LogP contribution in [-0.2, 0) is 9.47 Å². The Balaban J connectivity index is 2.44. The second-order valence-corrected chi connectivity index (χ2v) is 4.29. The molecular weight excluding hydrogens is 240 g/mol. The van der Waals surface area contributed by atoms with E-state index in [9.17, 15) is 15.3 Å². The molecule has 1 heterocycles. The molecule has 1 rings (SSSR count). The van der Waals surface area contributed by atoms with Gasteiger partial charge in [-0.3, -0.25) is 0 Å². The van der Waals surface area contributed by atoms with E-state index in [4.69, 9.17) is 14.6 Å². The highest BCUT2D eigenvalue weighted by Crippen LogP contribution is 2.21. The molecule has 0 spiro atoms. The van der Waals surface area contributed by atoms with Gasteiger partial charge in [0.05, 0.1) is 13.2 Å². The third-order valence-electron chi connectivity index (χ3n) is 2.83. The Kier molecular flexibility index (Phi) is 6.77. The minimum atomic E-state index is -1.39. The van der Waals surface area contributed by atoms with Gasteiger partial charge >= 0.3 is 0 Å². The van der Waals surface area contributed by atoms with E-state index in [0.717, 1.165) is 12.8 Å². The minimum absolute atomic E-state index is 0.239. The summed E-state index contributed by atoms with van der Waals surface area (Å²) in [7, 11) is 0. The van der Waals surface area contributed by atoms with Crippen LogP contribution in [0.4, 0.5) is 0 Å². The fraction of sp³-hybridized carbons (Fsp3) is 0.833. The van der Waals surface area contributed by atoms with E-state index in [-0.39, 0.29) is 6.61 Å². The Morgan fingerprint density at radius 2 is 1.83 bits per heavy atom. The van der Waals surface area contributed by atoms with E-state index in [1.807, 2.05) is 6.08 Å². The summed E-state index contributed by atoms with van der Waals surface area (Å²) in [5, 5.41) is 37.7. The molecule has 106 valence electrons. The highest BCUT2D eigenvalue weighted by atomic mass is 16.7. The smallest absolute Gasteiger partial charge is 0.187 e. The van der Waals surface area contributed by atoms with Gasteiger partial charge in [-0.25, -0.2) is 0 Å². The average Bonchev–Trinajstić information content (AvgIpc) is 2.38. The summed E-state index contributed by atoms with van der Waals surface area (Å²) in [6, 6.07) is 0. The second-order valence-electron chi connectivity index (χ2n) is 4.29. The summed E-state index contributed by atoms with van der Waals surface area (Å²) in [5.41, 5.74) is 0. The summed E-state index contributed by atoms with van der Waals surface area (Å²) in [5.74, 6) is 0. The lowest BCUT2D eigenvalue weighted by Gasteiger charge is -2.39. The number of aliphatic hydroxyl groups excluding tert-OH is 4. The Bertz CT molecular complexity index is 255. The second kappa shape index (κ2) is 7.83. The largest absolute Gasteiger partial charge is 0.394 e. The van der Waals surface area contributed by atoms with Gasteiger partial charge in [0.25, 0.3) is 0 Å². The number of unbranched alkanes of at least 4 members (excludes halogenated alkanes) is 1. The molecule has 0 aliphatic carbocycles. The zero-order valence-corrected chi connectivity index (χ0v) is 10.5. The molecule has 0 bridgehead atoms. The zero-order valence-electron chi connectivity index (χ0n) is 10.5. The number of rotatable bonds is 6. The first-order valence-corrected chi connectivity index (χ1v) is 6.19. The van der Waals surface area contributed by atoms with Crippen molar-refractivity contribution in [2.75, 3.05) is 13.2 Å². The molecule has 4 N–H and O–H groups in total. The number of hydrogen-bond donors (Lipinski definition) is 4. The standard InChI is InChI=1S/C12H22O6/c1-2-3-4-5-6-17-12-11(16)10(15)9(14)8(7-13)18-12/h4-5,8-16H,2-3,6-7H2,1H3/b5-4+/t8?,9-,10-,11?,12-/m0/s1. The van der Waals surface area contributed by atoms with Crippen molar-refractivity contribution in [3.63, 3.8) is 0 Å². The maximum Gasteiger partial charge on any atom is 0.187 e. The maximum absolute atomic E-state index is 9.66. The number of allylic oxidation sites excluding steroid dienone is 1. The van der Waals surface area contributed by atoms with E-state index >= 15 is 0 Å². The quantitative estimate of drug-likeness (QED) is 0.466. The van der Waals surface area contributed by atoms with Crippen molar-refractivity contribution in [1.29, 1.82) is 0 Å². The van der Waals surface area contributed by atoms with Crippen LogP contribution in [0, 0.1) is 0 Å². The molecule has 0 radical (unpaired) electrons. The van der Waals surface area contributed by atoms with Crippen LogP contribution in [0.1, 0.15) is 19.8 Å². The minimum Gasteiger partial charge on any atom is -0.394 e. The van der Waals surface area contributed by atoms with E-state index < -0.39 is 37.3 Å². The van der Waals surface area contributed by atoms with Crippen LogP contribution in [0.15, 0.2) is 12.2 Å². The lowest BCUT2D eigenvalue weighted by Crippen LogP contribution is -2.59. The zero-order chi connectivity index (χ0) is 13.5. The van der Waals surface area contributed by atoms with Gasteiger partial charge in [-0.15, -0.1) is 0 Å². The summed E-state index contributed by atoms with van der Waals surface area (Å²) in [6.45, 7) is 1.85. The predicted molar refractivity (Wildman–Crippen MR) is 63.8 cm³/mol. The van der Waals surface area contributed by atoms with Gasteiger partial charge in [0.15, 0.2) is 6.29 Å². The molecular formula is C12H22O6. The van der Waals surface area contributed by atoms with Crippen molar-refractivity contribution in [1.82, 2.24) is 0 Å². The highest BCUT2D eigenvalue weighted by Gasteiger charge is 2.43. The monoisotopic (exact) mass is 262 g/mol. The number of hydrogen-bond acceptors (Lipinski definition) is 6. The topological polar surface area (TPSA) is 99.4 Å². The molecule has 0 aromatic carbocycles. The van der Waals surface area contributed by atoms with Crippen LogP contribution in [-0.4, -0.2) is 64.3 Å². The van der Waals surface area contributed by atoms with Gasteiger partial charge in [-0.05, 0) is 6.42 Å². The third kappa shape index (κ3) is 4.01. The molecule has 0 aromatic heterocycles. The molecule has 1 aliphatic rings. The van der Waals surface area contributed by atoms with Gasteiger partial charge in [0, 0.05) is 0 Å². The van der Waals surface area contributed by atoms with Crippen molar-refractivity contribution < 1.29 is 29.9 Å². The Hall–Kier alpha value is -0.500. The van der Waals surface area contributed by atoms with Crippen LogP contribution >= 0.6 is 0 Å². The van der Waals surface area contributed by atoms with Crippen LogP contribution in [0.3, 0.4) is 0 Å². The molecule has 6 heteroatoms. The van der Waals surface area contributed by atoms with Crippen LogP contribution in [0.2, 0.25) is 0 Å². The van der Waals surface area contributed by atoms with Crippen LogP contribution in [0.5, 0.6) is 0 Å². The van der Waals surface area contributed by atoms with Gasteiger partial charge in [-0.2, -0.15) is 0 Å². The first kappa shape index (κ1) is 15.6. The van der Waals surface area contributed by atoms with Crippen LogP contribution < -0.4 is 0 Å². The first-order valence-electron chi connectivity index (χ1n) is 6.19. The SMILES string of the molecule is CCC/C=C/CO[C@H]1OC(CO)[C@H](O)[C@H](O)C1O. The summed E-state index contributed by atoms with van der Waals surface area (Å²) in [6.07, 6.45) is -0.313. The first-order chi connectivity index (χ1) is 8.61. The van der Waals surface area contributed by atoms with Gasteiger partial charge in [-0.1, -0.05) is 25.5 Å². The van der Waals surface area contributed by atoms with Gasteiger partial charge in [0.2, 0.25) is 0 Å². The Morgan fingerprint density at radius 1 is 1.11 bits per heavy atom. The maximum atomic E-state index is 9.66. The fourth-order valence-electron chi connectivity index (χ4n) is 1.71. The van der Waals surface area contributed by atoms with E-state index in [2.05, 4.69) is 6.92 Å². The molecule has 1 aliphatic heterocycles. The lowest BCUT2D eigenvalue weighted by atomic mass is 9.99. The molecule has 2 unspecified atom stereocenters. The average molecular weight is 262 g/mol. The molecule has 18 heavy (non-hydrogen) atoms. The van der Waals surface area contributed by atoms with Gasteiger partial charge < -0.3 is 29.9 Å². The van der Waals surface area contributed by atoms with Crippen LogP contribution in [0.25, 0.3) is 0 Å². The highest BCUT2D eigenvalue weighted by molar-refractivity contribution is 4.89. The molecule has 5 atom stereocenters. The Labute approximate surface area is 106 Å². The molecule has 0 saturated carbocycles. The molecule has 0 amide bonds. The third-order valence-corrected chi connectivity index (χ3v) is 2.83. The van der Waals surface area contributed by atoms with E-state index in [0.29, 0.717) is 0 Å². The van der Waals surface area contributed by atoms with Crippen molar-refractivity contribution >= 4 is 0 Å². The molecule has 1 fully saturated rings. The van der Waals surface area contributed by atoms with Crippen molar-refractivity contribution in [2.45, 2.75) is 50.5 Å². The van der Waals surface area contributed by atoms with E-state index in [1.165, 1.54) is 0 Å². The van der Waals surface area contributed by atoms with E-state index in [1.54, 1.807) is 6.08 Å². The Morgan fingerprint density at radius 3 is 2.44 bits per heavy atom. The summed E-state index contributed by atoms with van der Waals surface area (Å²) < 4.78 is 10.4. The van der Waals surface area contributed by atoms with Crippen molar-refractivity contribution in [3.8, 4) is 0 Å². The number of aliphatic hydroxyl groups is 4. The number of ether oxygens (including phenoxy) is 2. The summed E-state index contributed by atoms with van der Waals surface area (Å²) in [4.78, 5) is 0. The molecule has 1 saturated heterocycles. The predicted octanol–water partition coefficient (Wildman–Crippen LogP) is -0.841. The van der Waals surface area contributed by atoms with Crippen molar-refractivity contribution in [2.24, 2.45) is 0 Å².